The van der Waals surface area contributed by atoms with Crippen molar-refractivity contribution in [2.24, 2.45) is 12.8 Å². The van der Waals surface area contributed by atoms with Crippen molar-refractivity contribution in [3.05, 3.63) is 45.7 Å². The van der Waals surface area contributed by atoms with E-state index in [9.17, 15) is 4.79 Å². The molecule has 21 heavy (non-hydrogen) atoms. The van der Waals surface area contributed by atoms with E-state index >= 15 is 0 Å². The lowest BCUT2D eigenvalue weighted by Crippen LogP contribution is -2.18. The van der Waals surface area contributed by atoms with Crippen molar-refractivity contribution in [3.63, 3.8) is 0 Å². The average molecular weight is 367 g/mol. The topological polar surface area (TPSA) is 72.9 Å². The highest BCUT2D eigenvalue weighted by Gasteiger charge is 2.16. The van der Waals surface area contributed by atoms with Gasteiger partial charge in [-0.3, -0.25) is 9.48 Å². The first-order valence-electron chi connectivity index (χ1n) is 6.35. The zero-order chi connectivity index (χ0) is 15.6. The number of carbonyl (C=O) groups is 1. The van der Waals surface area contributed by atoms with Gasteiger partial charge in [-0.15, -0.1) is 0 Å². The molecule has 2 aromatic rings. The molecule has 0 atom stereocenters. The molecule has 0 radical (unpaired) electrons. The van der Waals surface area contributed by atoms with Gasteiger partial charge in [-0.25, -0.2) is 0 Å². The number of nitrogens with zero attached hydrogens (tertiary/aromatic N) is 2. The van der Waals surface area contributed by atoms with Crippen LogP contribution in [0.1, 0.15) is 28.5 Å². The maximum absolute atomic E-state index is 12.4. The van der Waals surface area contributed by atoms with E-state index in [1.807, 2.05) is 13.0 Å². The summed E-state index contributed by atoms with van der Waals surface area (Å²) in [6.07, 6.45) is 2.39. The molecular weight excluding hydrogens is 352 g/mol. The summed E-state index contributed by atoms with van der Waals surface area (Å²) in [5, 5.41) is 7.11. The van der Waals surface area contributed by atoms with Gasteiger partial charge < -0.3 is 11.1 Å². The molecule has 0 aliphatic carbocycles. The highest BCUT2D eigenvalue weighted by Crippen LogP contribution is 2.22. The van der Waals surface area contributed by atoms with Gasteiger partial charge in [0, 0.05) is 23.3 Å². The third-order valence-electron chi connectivity index (χ3n) is 2.98. The first-order valence-corrected chi connectivity index (χ1v) is 7.55. The molecule has 2 rings (SSSR count). The summed E-state index contributed by atoms with van der Waals surface area (Å²) in [4.78, 5) is 12.7. The van der Waals surface area contributed by atoms with Crippen LogP contribution < -0.4 is 11.1 Å². The predicted octanol–water partition coefficient (Wildman–Crippen LogP) is 2.63. The molecule has 3 N–H and O–H groups in total. The number of halogens is 1. The maximum Gasteiger partial charge on any atom is 0.259 e. The van der Waals surface area contributed by atoms with E-state index in [1.165, 1.54) is 0 Å². The Balaban J connectivity index is 2.35. The third kappa shape index (κ3) is 3.48. The smallest absolute Gasteiger partial charge is 0.259 e. The molecule has 0 saturated carbocycles. The fourth-order valence-corrected chi connectivity index (χ4v) is 2.55. The van der Waals surface area contributed by atoms with Gasteiger partial charge in [0.05, 0.1) is 16.9 Å². The molecule has 0 aliphatic rings. The highest BCUT2D eigenvalue weighted by atomic mass is 79.9. The maximum atomic E-state index is 12.4. The van der Waals surface area contributed by atoms with Crippen molar-refractivity contribution in [1.82, 2.24) is 9.78 Å². The largest absolute Gasteiger partial charge is 0.389 e. The molecular formula is C14H15BrN4OS. The number of anilines is 1. The van der Waals surface area contributed by atoms with Crippen molar-refractivity contribution >= 4 is 44.7 Å². The van der Waals surface area contributed by atoms with Crippen LogP contribution in [-0.4, -0.2) is 20.7 Å². The van der Waals surface area contributed by atoms with Gasteiger partial charge in [0.2, 0.25) is 0 Å². The van der Waals surface area contributed by atoms with Gasteiger partial charge in [-0.1, -0.05) is 35.1 Å². The number of rotatable bonds is 4. The number of nitrogens with two attached hydrogens (primary N) is 1. The quantitative estimate of drug-likeness (QED) is 0.815. The van der Waals surface area contributed by atoms with Gasteiger partial charge in [0.1, 0.15) is 4.99 Å². The molecule has 110 valence electrons. The number of hydrogen-bond donors (Lipinski definition) is 2. The molecule has 0 unspecified atom stereocenters. The Labute approximate surface area is 136 Å². The number of thiocarbonyl (C=S) groups is 1. The molecule has 0 aliphatic heterocycles. The lowest BCUT2D eigenvalue weighted by atomic mass is 10.1. The molecule has 1 aromatic carbocycles. The van der Waals surface area contributed by atoms with Crippen LogP contribution in [-0.2, 0) is 13.5 Å². The van der Waals surface area contributed by atoms with E-state index < -0.39 is 0 Å². The zero-order valence-electron chi connectivity index (χ0n) is 11.7. The lowest BCUT2D eigenvalue weighted by molar-refractivity contribution is 0.102. The summed E-state index contributed by atoms with van der Waals surface area (Å²) >= 11 is 8.38. The minimum Gasteiger partial charge on any atom is -0.389 e. The van der Waals surface area contributed by atoms with E-state index in [2.05, 4.69) is 26.3 Å². The van der Waals surface area contributed by atoms with Crippen LogP contribution in [0, 0.1) is 0 Å². The van der Waals surface area contributed by atoms with Crippen LogP contribution in [0.15, 0.2) is 28.9 Å². The van der Waals surface area contributed by atoms with Crippen LogP contribution in [0.25, 0.3) is 0 Å². The Kier molecular flexibility index (Phi) is 4.74. The molecule has 1 amide bonds. The monoisotopic (exact) mass is 366 g/mol. The molecule has 0 spiro atoms. The number of hydrogen-bond acceptors (Lipinski definition) is 3. The van der Waals surface area contributed by atoms with Crippen molar-refractivity contribution in [2.75, 3.05) is 5.32 Å². The minimum absolute atomic E-state index is 0.226. The number of aryl methyl sites for hydroxylation is 2. The number of nitrogens with one attached hydrogen (secondary N) is 1. The Morgan fingerprint density at radius 2 is 2.19 bits per heavy atom. The first kappa shape index (κ1) is 15.7. The molecule has 1 aromatic heterocycles. The summed E-state index contributed by atoms with van der Waals surface area (Å²) < 4.78 is 2.46. The van der Waals surface area contributed by atoms with Crippen molar-refractivity contribution in [1.29, 1.82) is 0 Å². The summed E-state index contributed by atoms with van der Waals surface area (Å²) in [5.74, 6) is -0.226. The molecule has 7 heteroatoms. The van der Waals surface area contributed by atoms with Crippen molar-refractivity contribution in [3.8, 4) is 0 Å². The van der Waals surface area contributed by atoms with Gasteiger partial charge in [0.15, 0.2) is 0 Å². The first-order chi connectivity index (χ1) is 9.92. The normalized spacial score (nSPS) is 10.4. The lowest BCUT2D eigenvalue weighted by Gasteiger charge is -2.10. The average Bonchev–Trinajstić information content (AvgIpc) is 2.79. The molecule has 0 fully saturated rings. The van der Waals surface area contributed by atoms with E-state index in [-0.39, 0.29) is 10.9 Å². The van der Waals surface area contributed by atoms with E-state index in [1.54, 1.807) is 30.1 Å². The Bertz CT molecular complexity index is 711. The number of aromatic nitrogens is 2. The number of benzene rings is 1. The van der Waals surface area contributed by atoms with Gasteiger partial charge in [-0.05, 0) is 24.6 Å². The zero-order valence-corrected chi connectivity index (χ0v) is 14.1. The van der Waals surface area contributed by atoms with Crippen LogP contribution in [0.5, 0.6) is 0 Å². The van der Waals surface area contributed by atoms with E-state index in [0.29, 0.717) is 23.2 Å². The SMILES string of the molecule is CCc1nn(C)cc1C(=O)Nc1cc(Br)ccc1C(N)=S. The Hall–Kier alpha value is -1.73. The molecule has 5 nitrogen and oxygen atoms in total. The van der Waals surface area contributed by atoms with Crippen molar-refractivity contribution in [2.45, 2.75) is 13.3 Å². The summed E-state index contributed by atoms with van der Waals surface area (Å²) in [6.45, 7) is 1.96. The molecule has 1 heterocycles. The number of carbonyl (C=O) groups excluding carboxylic acids is 1. The predicted molar refractivity (Wildman–Crippen MR) is 90.6 cm³/mol. The molecule has 0 bridgehead atoms. The second kappa shape index (κ2) is 6.36. The summed E-state index contributed by atoms with van der Waals surface area (Å²) in [5.41, 5.74) is 8.19. The second-order valence-electron chi connectivity index (χ2n) is 4.52. The van der Waals surface area contributed by atoms with Gasteiger partial charge in [0.25, 0.3) is 5.91 Å². The van der Waals surface area contributed by atoms with Crippen LogP contribution in [0.2, 0.25) is 0 Å². The van der Waals surface area contributed by atoms with Crippen LogP contribution in [0.4, 0.5) is 5.69 Å². The second-order valence-corrected chi connectivity index (χ2v) is 5.88. The van der Waals surface area contributed by atoms with Crippen LogP contribution in [0.3, 0.4) is 0 Å². The van der Waals surface area contributed by atoms with Crippen LogP contribution >= 0.6 is 28.1 Å². The van der Waals surface area contributed by atoms with E-state index in [4.69, 9.17) is 18.0 Å². The molecule has 0 saturated heterocycles. The summed E-state index contributed by atoms with van der Waals surface area (Å²) in [6, 6.07) is 5.37. The number of amides is 1. The van der Waals surface area contributed by atoms with Gasteiger partial charge in [-0.2, -0.15) is 5.10 Å². The Morgan fingerprint density at radius 1 is 1.48 bits per heavy atom. The fourth-order valence-electron chi connectivity index (χ4n) is 2.01. The standard InChI is InChI=1S/C14H15BrN4OS/c1-3-11-10(7-19(2)18-11)14(20)17-12-6-8(15)4-5-9(12)13(16)21/h4-7H,3H2,1-2H3,(H2,16,21)(H,17,20). The highest BCUT2D eigenvalue weighted by molar-refractivity contribution is 9.10. The van der Waals surface area contributed by atoms with Crippen molar-refractivity contribution < 1.29 is 4.79 Å². The third-order valence-corrected chi connectivity index (χ3v) is 3.69. The fraction of sp³-hybridized carbons (Fsp3) is 0.214. The van der Waals surface area contributed by atoms with Gasteiger partial charge >= 0.3 is 0 Å². The Morgan fingerprint density at radius 3 is 2.81 bits per heavy atom. The minimum atomic E-state index is -0.226. The van der Waals surface area contributed by atoms with E-state index in [0.717, 1.165) is 10.2 Å². The summed E-state index contributed by atoms with van der Waals surface area (Å²) in [7, 11) is 1.79.